The van der Waals surface area contributed by atoms with Gasteiger partial charge in [0.2, 0.25) is 0 Å². The highest BCUT2D eigenvalue weighted by molar-refractivity contribution is 5.72. The molecule has 2 aromatic rings. The molecule has 0 radical (unpaired) electrons. The number of anilines is 1. The average Bonchev–Trinajstić information content (AvgIpc) is 2.27. The van der Waals surface area contributed by atoms with Crippen LogP contribution in [0.5, 0.6) is 0 Å². The van der Waals surface area contributed by atoms with Crippen molar-refractivity contribution in [2.45, 2.75) is 27.7 Å². The van der Waals surface area contributed by atoms with Crippen LogP contribution in [0.15, 0.2) is 24.4 Å². The van der Waals surface area contributed by atoms with E-state index < -0.39 is 0 Å². The highest BCUT2D eigenvalue weighted by atomic mass is 14.7. The molecule has 1 heterocycles. The molecule has 2 N–H and O–H groups in total. The van der Waals surface area contributed by atoms with Crippen molar-refractivity contribution in [3.05, 3.63) is 46.6 Å². The second-order valence-electron chi connectivity index (χ2n) is 4.61. The summed E-state index contributed by atoms with van der Waals surface area (Å²) in [6.07, 6.45) is 1.77. The molecule has 0 bridgehead atoms. The molecule has 2 nitrogen and oxygen atoms in total. The van der Waals surface area contributed by atoms with Gasteiger partial charge in [0.1, 0.15) is 0 Å². The van der Waals surface area contributed by atoms with Crippen molar-refractivity contribution in [3.8, 4) is 11.3 Å². The lowest BCUT2D eigenvalue weighted by atomic mass is 9.92. The van der Waals surface area contributed by atoms with Crippen LogP contribution in [0.2, 0.25) is 0 Å². The van der Waals surface area contributed by atoms with Crippen LogP contribution in [0.3, 0.4) is 0 Å². The van der Waals surface area contributed by atoms with Gasteiger partial charge in [0, 0.05) is 17.4 Å². The summed E-state index contributed by atoms with van der Waals surface area (Å²) in [6.45, 7) is 8.55. The molecule has 0 aliphatic rings. The predicted octanol–water partition coefficient (Wildman–Crippen LogP) is 3.56. The zero-order valence-electron chi connectivity index (χ0n) is 10.8. The van der Waals surface area contributed by atoms with Gasteiger partial charge in [0.15, 0.2) is 0 Å². The van der Waals surface area contributed by atoms with E-state index in [0.29, 0.717) is 0 Å². The summed E-state index contributed by atoms with van der Waals surface area (Å²) < 4.78 is 0. The molecule has 1 aromatic heterocycles. The number of aryl methyl sites for hydroxylation is 2. The van der Waals surface area contributed by atoms with Gasteiger partial charge in [-0.25, -0.2) is 0 Å². The van der Waals surface area contributed by atoms with Crippen LogP contribution in [0.1, 0.15) is 22.3 Å². The van der Waals surface area contributed by atoms with E-state index in [4.69, 9.17) is 5.73 Å². The van der Waals surface area contributed by atoms with Crippen LogP contribution in [-0.2, 0) is 0 Å². The lowest BCUT2D eigenvalue weighted by molar-refractivity contribution is 1.21. The Balaban J connectivity index is 2.75. The second kappa shape index (κ2) is 4.21. The first-order valence-electron chi connectivity index (χ1n) is 5.80. The van der Waals surface area contributed by atoms with Crippen LogP contribution in [0.4, 0.5) is 5.69 Å². The van der Waals surface area contributed by atoms with Gasteiger partial charge in [-0.3, -0.25) is 4.98 Å². The topological polar surface area (TPSA) is 38.9 Å². The quantitative estimate of drug-likeness (QED) is 0.807. The van der Waals surface area contributed by atoms with Crippen molar-refractivity contribution < 1.29 is 0 Å². The first-order chi connectivity index (χ1) is 8.00. The number of hydrogen-bond acceptors (Lipinski definition) is 2. The Hall–Kier alpha value is -1.83. The SMILES string of the molecule is Cc1cc(C)c(C)c(-c2cc(N)ccn2)c1C. The Bertz CT molecular complexity index is 545. The minimum Gasteiger partial charge on any atom is -0.399 e. The maximum atomic E-state index is 5.83. The fourth-order valence-corrected chi connectivity index (χ4v) is 2.18. The van der Waals surface area contributed by atoms with E-state index in [0.717, 1.165) is 11.4 Å². The molecule has 1 aromatic carbocycles. The summed E-state index contributed by atoms with van der Waals surface area (Å²) in [7, 11) is 0. The van der Waals surface area contributed by atoms with Crippen molar-refractivity contribution in [2.24, 2.45) is 0 Å². The van der Waals surface area contributed by atoms with Gasteiger partial charge in [0.05, 0.1) is 5.69 Å². The number of benzene rings is 1. The third-order valence-electron chi connectivity index (χ3n) is 3.41. The van der Waals surface area contributed by atoms with E-state index in [1.807, 2.05) is 12.1 Å². The van der Waals surface area contributed by atoms with Gasteiger partial charge in [-0.1, -0.05) is 6.07 Å². The average molecular weight is 226 g/mol. The summed E-state index contributed by atoms with van der Waals surface area (Å²) >= 11 is 0. The molecule has 0 spiro atoms. The predicted molar refractivity (Wildman–Crippen MR) is 73.0 cm³/mol. The maximum Gasteiger partial charge on any atom is 0.0727 e. The summed E-state index contributed by atoms with van der Waals surface area (Å²) in [5.74, 6) is 0. The van der Waals surface area contributed by atoms with Crippen molar-refractivity contribution in [1.82, 2.24) is 4.98 Å². The fraction of sp³-hybridized carbons (Fsp3) is 0.267. The number of nitrogens with two attached hydrogens (primary N) is 1. The maximum absolute atomic E-state index is 5.83. The van der Waals surface area contributed by atoms with Crippen molar-refractivity contribution >= 4 is 5.69 Å². The van der Waals surface area contributed by atoms with Gasteiger partial charge < -0.3 is 5.73 Å². The number of nitrogen functional groups attached to an aromatic ring is 1. The highest BCUT2D eigenvalue weighted by Crippen LogP contribution is 2.30. The largest absolute Gasteiger partial charge is 0.399 e. The lowest BCUT2D eigenvalue weighted by Crippen LogP contribution is -1.97. The molecule has 2 rings (SSSR count). The number of pyridine rings is 1. The fourth-order valence-electron chi connectivity index (χ4n) is 2.18. The van der Waals surface area contributed by atoms with E-state index >= 15 is 0 Å². The van der Waals surface area contributed by atoms with Crippen LogP contribution in [0, 0.1) is 27.7 Å². The third-order valence-corrected chi connectivity index (χ3v) is 3.41. The van der Waals surface area contributed by atoms with Gasteiger partial charge in [-0.05, 0) is 62.1 Å². The molecule has 17 heavy (non-hydrogen) atoms. The third kappa shape index (κ3) is 2.03. The highest BCUT2D eigenvalue weighted by Gasteiger charge is 2.11. The standard InChI is InChI=1S/C15H18N2/c1-9-7-10(2)12(4)15(11(9)3)14-8-13(16)5-6-17-14/h5-8H,1-4H3,(H2,16,17). The Morgan fingerprint density at radius 1 is 0.941 bits per heavy atom. The van der Waals surface area contributed by atoms with E-state index in [1.54, 1.807) is 6.20 Å². The van der Waals surface area contributed by atoms with E-state index in [1.165, 1.54) is 27.8 Å². The lowest BCUT2D eigenvalue weighted by Gasteiger charge is -2.15. The Morgan fingerprint density at radius 2 is 1.53 bits per heavy atom. The molecule has 0 fully saturated rings. The summed E-state index contributed by atoms with van der Waals surface area (Å²) in [4.78, 5) is 4.43. The molecule has 0 saturated carbocycles. The van der Waals surface area contributed by atoms with Crippen molar-refractivity contribution in [2.75, 3.05) is 5.73 Å². The number of rotatable bonds is 1. The van der Waals surface area contributed by atoms with Crippen molar-refractivity contribution in [3.63, 3.8) is 0 Å². The van der Waals surface area contributed by atoms with Crippen LogP contribution >= 0.6 is 0 Å². The minimum atomic E-state index is 0.757. The first kappa shape index (κ1) is 11.6. The van der Waals surface area contributed by atoms with Crippen LogP contribution in [0.25, 0.3) is 11.3 Å². The van der Waals surface area contributed by atoms with Gasteiger partial charge >= 0.3 is 0 Å². The number of aromatic nitrogens is 1. The van der Waals surface area contributed by atoms with Crippen LogP contribution in [-0.4, -0.2) is 4.98 Å². The molecule has 0 aliphatic carbocycles. The monoisotopic (exact) mass is 226 g/mol. The van der Waals surface area contributed by atoms with Crippen LogP contribution < -0.4 is 5.73 Å². The molecule has 2 heteroatoms. The second-order valence-corrected chi connectivity index (χ2v) is 4.61. The molecular weight excluding hydrogens is 208 g/mol. The Morgan fingerprint density at radius 3 is 2.06 bits per heavy atom. The first-order valence-corrected chi connectivity index (χ1v) is 5.80. The molecule has 0 amide bonds. The molecular formula is C15H18N2. The minimum absolute atomic E-state index is 0.757. The summed E-state index contributed by atoms with van der Waals surface area (Å²) in [6, 6.07) is 5.98. The Labute approximate surface area is 103 Å². The normalized spacial score (nSPS) is 10.6. The van der Waals surface area contributed by atoms with E-state index in [9.17, 15) is 0 Å². The van der Waals surface area contributed by atoms with Crippen molar-refractivity contribution in [1.29, 1.82) is 0 Å². The number of nitrogens with zero attached hydrogens (tertiary/aromatic N) is 1. The molecule has 0 atom stereocenters. The van der Waals surface area contributed by atoms with E-state index in [-0.39, 0.29) is 0 Å². The molecule has 0 saturated heterocycles. The zero-order valence-corrected chi connectivity index (χ0v) is 10.8. The molecule has 0 aliphatic heterocycles. The zero-order chi connectivity index (χ0) is 12.6. The van der Waals surface area contributed by atoms with Gasteiger partial charge in [0.25, 0.3) is 0 Å². The summed E-state index contributed by atoms with van der Waals surface area (Å²) in [5.41, 5.74) is 13.9. The number of hydrogen-bond donors (Lipinski definition) is 1. The van der Waals surface area contributed by atoms with E-state index in [2.05, 4.69) is 38.7 Å². The molecule has 0 unspecified atom stereocenters. The molecule has 88 valence electrons. The van der Waals surface area contributed by atoms with Gasteiger partial charge in [-0.2, -0.15) is 0 Å². The Kier molecular flexibility index (Phi) is 2.88. The smallest absolute Gasteiger partial charge is 0.0727 e. The summed E-state index contributed by atoms with van der Waals surface area (Å²) in [5, 5.41) is 0. The van der Waals surface area contributed by atoms with Gasteiger partial charge in [-0.15, -0.1) is 0 Å².